The predicted octanol–water partition coefficient (Wildman–Crippen LogP) is 5.88. The van der Waals surface area contributed by atoms with Crippen LogP contribution in [0.3, 0.4) is 0 Å². The average Bonchev–Trinajstić information content (AvgIpc) is 3.26. The van der Waals surface area contributed by atoms with E-state index >= 15 is 0 Å². The molecule has 0 aliphatic rings. The zero-order valence-electron chi connectivity index (χ0n) is 19.4. The molecular weight excluding hydrogens is 432 g/mol. The number of hydrogen-bond donors (Lipinski definition) is 0. The van der Waals surface area contributed by atoms with Crippen LogP contribution in [0.2, 0.25) is 0 Å². The maximum absolute atomic E-state index is 13.4. The fraction of sp³-hybridized carbons (Fsp3) is 0.259. The quantitative estimate of drug-likeness (QED) is 0.330. The zero-order valence-corrected chi connectivity index (χ0v) is 20.2. The van der Waals surface area contributed by atoms with Crippen LogP contribution in [0.15, 0.2) is 60.7 Å². The maximum atomic E-state index is 13.4. The number of aryl methyl sites for hydroxylation is 2. The molecule has 0 aliphatic heterocycles. The topological polar surface area (TPSA) is 51.7 Å². The van der Waals surface area contributed by atoms with Crippen molar-refractivity contribution in [2.45, 2.75) is 20.4 Å². The Morgan fingerprint density at radius 3 is 2.58 bits per heavy atom. The number of pyridine rings is 1. The number of nitrogens with zero attached hydrogens (tertiary/aromatic N) is 2. The van der Waals surface area contributed by atoms with Crippen molar-refractivity contribution in [3.05, 3.63) is 81.5 Å². The normalized spacial score (nSPS) is 11.0. The molecule has 0 aliphatic carbocycles. The van der Waals surface area contributed by atoms with Gasteiger partial charge in [-0.15, -0.1) is 11.3 Å². The Morgan fingerprint density at radius 2 is 1.88 bits per heavy atom. The van der Waals surface area contributed by atoms with Crippen molar-refractivity contribution < 1.29 is 14.3 Å². The number of fused-ring (bicyclic) bond motifs is 1. The molecule has 2 aromatic heterocycles. The van der Waals surface area contributed by atoms with Crippen molar-refractivity contribution in [1.82, 2.24) is 9.88 Å². The second kappa shape index (κ2) is 10.1. The number of amides is 1. The average molecular weight is 461 g/mol. The van der Waals surface area contributed by atoms with Crippen molar-refractivity contribution in [3.63, 3.8) is 0 Å². The molecule has 4 aromatic rings. The summed E-state index contributed by atoms with van der Waals surface area (Å²) >= 11 is 1.52. The number of hydrogen-bond acceptors (Lipinski definition) is 5. The minimum atomic E-state index is 0.00942. The number of rotatable bonds is 8. The maximum Gasteiger partial charge on any atom is 0.264 e. The molecule has 0 saturated carbocycles. The van der Waals surface area contributed by atoms with Crippen LogP contribution in [0.5, 0.6) is 5.75 Å². The summed E-state index contributed by atoms with van der Waals surface area (Å²) in [5, 5.41) is 1.01. The number of thiophene rings is 1. The van der Waals surface area contributed by atoms with E-state index in [-0.39, 0.29) is 5.91 Å². The lowest BCUT2D eigenvalue weighted by molar-refractivity contribution is 0.0685. The molecule has 0 saturated heterocycles. The van der Waals surface area contributed by atoms with Crippen LogP contribution in [0, 0.1) is 13.8 Å². The molecule has 1 amide bonds. The first kappa shape index (κ1) is 23.0. The van der Waals surface area contributed by atoms with Gasteiger partial charge in [-0.3, -0.25) is 4.79 Å². The fourth-order valence-electron chi connectivity index (χ4n) is 3.85. The van der Waals surface area contributed by atoms with E-state index in [1.165, 1.54) is 11.3 Å². The van der Waals surface area contributed by atoms with Crippen LogP contribution in [-0.2, 0) is 11.3 Å². The molecule has 0 N–H and O–H groups in total. The van der Waals surface area contributed by atoms with Crippen LogP contribution < -0.4 is 4.74 Å². The third-order valence-electron chi connectivity index (χ3n) is 5.56. The number of benzene rings is 2. The van der Waals surface area contributed by atoms with Crippen LogP contribution in [-0.4, -0.2) is 43.2 Å². The Balaban J connectivity index is 1.80. The summed E-state index contributed by atoms with van der Waals surface area (Å²) in [6, 6.07) is 20.2. The van der Waals surface area contributed by atoms with Crippen molar-refractivity contribution in [3.8, 4) is 17.0 Å². The fourth-order valence-corrected chi connectivity index (χ4v) is 4.68. The van der Waals surface area contributed by atoms with Crippen molar-refractivity contribution >= 4 is 28.1 Å². The zero-order chi connectivity index (χ0) is 23.4. The molecule has 0 fully saturated rings. The van der Waals surface area contributed by atoms with E-state index in [4.69, 9.17) is 14.5 Å². The molecule has 4 rings (SSSR count). The van der Waals surface area contributed by atoms with E-state index in [1.807, 2.05) is 48.2 Å². The first-order valence-electron chi connectivity index (χ1n) is 10.9. The lowest BCUT2D eigenvalue weighted by Gasteiger charge is -2.23. The van der Waals surface area contributed by atoms with E-state index in [0.717, 1.165) is 48.8 Å². The lowest BCUT2D eigenvalue weighted by Crippen LogP contribution is -2.33. The molecular formula is C27H28N2O3S. The number of aromatic nitrogens is 1. The van der Waals surface area contributed by atoms with E-state index in [1.54, 1.807) is 14.2 Å². The summed E-state index contributed by atoms with van der Waals surface area (Å²) in [7, 11) is 3.31. The SMILES string of the molecule is COCCN(Cc1cc2ccc(OC)cc2nc1-c1cccc(C)c1)C(=O)c1ccc(C)s1. The second-order valence-electron chi connectivity index (χ2n) is 8.05. The summed E-state index contributed by atoms with van der Waals surface area (Å²) in [5.74, 6) is 0.776. The van der Waals surface area contributed by atoms with E-state index < -0.39 is 0 Å². The van der Waals surface area contributed by atoms with Gasteiger partial charge in [0.1, 0.15) is 5.75 Å². The summed E-state index contributed by atoms with van der Waals surface area (Å²) < 4.78 is 10.7. The molecule has 0 spiro atoms. The first-order chi connectivity index (χ1) is 16.0. The molecule has 0 atom stereocenters. The highest BCUT2D eigenvalue weighted by Crippen LogP contribution is 2.30. The second-order valence-corrected chi connectivity index (χ2v) is 9.34. The summed E-state index contributed by atoms with van der Waals surface area (Å²) in [5.41, 5.74) is 4.92. The Bertz CT molecular complexity index is 1280. The van der Waals surface area contributed by atoms with Crippen LogP contribution >= 0.6 is 11.3 Å². The summed E-state index contributed by atoms with van der Waals surface area (Å²) in [6.07, 6.45) is 0. The van der Waals surface area contributed by atoms with Gasteiger partial charge in [0.05, 0.1) is 29.8 Å². The van der Waals surface area contributed by atoms with Gasteiger partial charge in [-0.1, -0.05) is 23.8 Å². The minimum Gasteiger partial charge on any atom is -0.497 e. The van der Waals surface area contributed by atoms with Crippen molar-refractivity contribution in [1.29, 1.82) is 0 Å². The number of methoxy groups -OCH3 is 2. The first-order valence-corrected chi connectivity index (χ1v) is 11.7. The molecule has 6 heteroatoms. The Morgan fingerprint density at radius 1 is 1.03 bits per heavy atom. The van der Waals surface area contributed by atoms with Gasteiger partial charge in [0.15, 0.2) is 0 Å². The molecule has 0 bridgehead atoms. The third kappa shape index (κ3) is 5.24. The number of carbonyl (C=O) groups is 1. The number of ether oxygens (including phenoxy) is 2. The Labute approximate surface area is 198 Å². The molecule has 2 aromatic carbocycles. The minimum absolute atomic E-state index is 0.00942. The predicted molar refractivity (Wildman–Crippen MR) is 134 cm³/mol. The third-order valence-corrected chi connectivity index (χ3v) is 6.55. The highest BCUT2D eigenvalue weighted by molar-refractivity contribution is 7.13. The lowest BCUT2D eigenvalue weighted by atomic mass is 10.0. The summed E-state index contributed by atoms with van der Waals surface area (Å²) in [4.78, 5) is 22.1. The number of carbonyl (C=O) groups excluding carboxylic acids is 1. The van der Waals surface area contributed by atoms with Crippen LogP contribution in [0.4, 0.5) is 0 Å². The van der Waals surface area contributed by atoms with Gasteiger partial charge in [0, 0.05) is 42.1 Å². The molecule has 0 unspecified atom stereocenters. The Hall–Kier alpha value is -3.22. The van der Waals surface area contributed by atoms with Crippen molar-refractivity contribution in [2.24, 2.45) is 0 Å². The van der Waals surface area contributed by atoms with Crippen LogP contribution in [0.25, 0.3) is 22.2 Å². The molecule has 0 radical (unpaired) electrons. The highest BCUT2D eigenvalue weighted by atomic mass is 32.1. The monoisotopic (exact) mass is 460 g/mol. The standard InChI is InChI=1S/C27H28N2O3S/c1-18-6-5-7-21(14-18)26-22(15-20-9-10-23(32-4)16-24(20)28-26)17-29(12-13-31-3)27(30)25-11-8-19(2)33-25/h5-11,14-16H,12-13,17H2,1-4H3. The van der Waals surface area contributed by atoms with Gasteiger partial charge in [0.2, 0.25) is 0 Å². The Kier molecular flexibility index (Phi) is 7.06. The molecule has 33 heavy (non-hydrogen) atoms. The van der Waals surface area contributed by atoms with Gasteiger partial charge in [-0.05, 0) is 55.8 Å². The molecule has 5 nitrogen and oxygen atoms in total. The van der Waals surface area contributed by atoms with Gasteiger partial charge in [-0.25, -0.2) is 4.98 Å². The van der Waals surface area contributed by atoms with E-state index in [2.05, 4.69) is 31.2 Å². The van der Waals surface area contributed by atoms with Gasteiger partial charge in [-0.2, -0.15) is 0 Å². The van der Waals surface area contributed by atoms with E-state index in [9.17, 15) is 4.79 Å². The van der Waals surface area contributed by atoms with Gasteiger partial charge in [0.25, 0.3) is 5.91 Å². The van der Waals surface area contributed by atoms with Crippen molar-refractivity contribution in [2.75, 3.05) is 27.4 Å². The van der Waals surface area contributed by atoms with Crippen LogP contribution in [0.1, 0.15) is 25.7 Å². The highest BCUT2D eigenvalue weighted by Gasteiger charge is 2.20. The van der Waals surface area contributed by atoms with E-state index in [0.29, 0.717) is 19.7 Å². The van der Waals surface area contributed by atoms with Gasteiger partial charge >= 0.3 is 0 Å². The largest absolute Gasteiger partial charge is 0.497 e. The molecule has 2 heterocycles. The summed E-state index contributed by atoms with van der Waals surface area (Å²) in [6.45, 7) is 5.49. The smallest absolute Gasteiger partial charge is 0.264 e. The molecule has 170 valence electrons. The van der Waals surface area contributed by atoms with Gasteiger partial charge < -0.3 is 14.4 Å².